The van der Waals surface area contributed by atoms with E-state index in [0.29, 0.717) is 48.0 Å². The predicted molar refractivity (Wildman–Crippen MR) is 117 cm³/mol. The van der Waals surface area contributed by atoms with E-state index in [-0.39, 0.29) is 12.0 Å². The van der Waals surface area contributed by atoms with Crippen molar-refractivity contribution in [3.05, 3.63) is 45.8 Å². The van der Waals surface area contributed by atoms with Gasteiger partial charge in [0.15, 0.2) is 0 Å². The van der Waals surface area contributed by atoms with Gasteiger partial charge in [-0.3, -0.25) is 4.79 Å². The Labute approximate surface area is 185 Å². The Hall–Kier alpha value is -3.07. The number of fused-ring (bicyclic) bond motifs is 1. The van der Waals surface area contributed by atoms with E-state index in [4.69, 9.17) is 14.2 Å². The Balaban J connectivity index is 1.83. The molecule has 0 saturated heterocycles. The zero-order valence-corrected chi connectivity index (χ0v) is 18.8. The third-order valence-corrected chi connectivity index (χ3v) is 5.82. The van der Waals surface area contributed by atoms with Crippen molar-refractivity contribution in [1.82, 2.24) is 4.90 Å². The number of ether oxygens (including phenoxy) is 3. The third kappa shape index (κ3) is 5.16. The molecule has 1 aromatic carbocycles. The lowest BCUT2D eigenvalue weighted by atomic mass is 10.0. The second-order valence-electron chi connectivity index (χ2n) is 7.22. The summed E-state index contributed by atoms with van der Waals surface area (Å²) in [5.41, 5.74) is 1.58. The van der Waals surface area contributed by atoms with Crippen molar-refractivity contribution < 1.29 is 28.6 Å². The number of carbonyl (C=O) groups is 3. The maximum absolute atomic E-state index is 12.8. The molecule has 0 atom stereocenters. The molecule has 9 heteroatoms. The first-order chi connectivity index (χ1) is 14.8. The molecule has 2 aromatic rings. The summed E-state index contributed by atoms with van der Waals surface area (Å²) in [5.74, 6) is -0.187. The van der Waals surface area contributed by atoms with Crippen LogP contribution in [0.25, 0.3) is 0 Å². The van der Waals surface area contributed by atoms with E-state index in [9.17, 15) is 14.4 Å². The molecule has 0 spiro atoms. The minimum atomic E-state index is -0.516. The van der Waals surface area contributed by atoms with Crippen LogP contribution in [0.1, 0.15) is 51.9 Å². The average Bonchev–Trinajstić information content (AvgIpc) is 3.10. The molecule has 1 aliphatic rings. The zero-order chi connectivity index (χ0) is 22.5. The normalized spacial score (nSPS) is 12.9. The summed E-state index contributed by atoms with van der Waals surface area (Å²) in [6.45, 7) is 6.65. The van der Waals surface area contributed by atoms with Gasteiger partial charge < -0.3 is 24.4 Å². The average molecular weight is 447 g/mol. The Morgan fingerprint density at radius 1 is 1.19 bits per heavy atom. The van der Waals surface area contributed by atoms with Gasteiger partial charge in [-0.15, -0.1) is 11.3 Å². The first-order valence-electron chi connectivity index (χ1n) is 10.1. The van der Waals surface area contributed by atoms with Crippen LogP contribution >= 0.6 is 11.3 Å². The van der Waals surface area contributed by atoms with Crippen molar-refractivity contribution in [3.63, 3.8) is 0 Å². The van der Waals surface area contributed by atoms with Crippen LogP contribution in [-0.4, -0.2) is 49.2 Å². The molecule has 0 unspecified atom stereocenters. The molecular formula is C22H26N2O6S. The predicted octanol–water partition coefficient (Wildman–Crippen LogP) is 4.09. The Bertz CT molecular complexity index is 967. The number of hydrogen-bond donors (Lipinski definition) is 1. The fourth-order valence-corrected chi connectivity index (χ4v) is 4.56. The standard InChI is InChI=1S/C22H26N2O6S/c1-5-29-22(27)24-11-10-16-17(12-24)31-20(18(16)21(26)28-4)23-19(25)14-6-8-15(9-7-14)30-13(2)3/h6-9,13H,5,10-12H2,1-4H3,(H,23,25). The summed E-state index contributed by atoms with van der Waals surface area (Å²) < 4.78 is 15.6. The number of anilines is 1. The molecule has 1 aliphatic heterocycles. The van der Waals surface area contributed by atoms with E-state index in [0.717, 1.165) is 10.4 Å². The number of benzene rings is 1. The van der Waals surface area contributed by atoms with Crippen LogP contribution in [0.4, 0.5) is 9.80 Å². The lowest BCUT2D eigenvalue weighted by Gasteiger charge is -2.26. The van der Waals surface area contributed by atoms with Crippen LogP contribution in [-0.2, 0) is 22.4 Å². The van der Waals surface area contributed by atoms with Crippen molar-refractivity contribution >= 4 is 34.3 Å². The summed E-state index contributed by atoms with van der Waals surface area (Å²) >= 11 is 1.27. The Morgan fingerprint density at radius 2 is 1.90 bits per heavy atom. The molecular weight excluding hydrogens is 420 g/mol. The lowest BCUT2D eigenvalue weighted by Crippen LogP contribution is -2.36. The van der Waals surface area contributed by atoms with Crippen LogP contribution in [0, 0.1) is 0 Å². The lowest BCUT2D eigenvalue weighted by molar-refractivity contribution is 0.0600. The Kier molecular flexibility index (Phi) is 7.17. The van der Waals surface area contributed by atoms with Gasteiger partial charge in [0.1, 0.15) is 10.8 Å². The molecule has 3 rings (SSSR count). The van der Waals surface area contributed by atoms with Crippen molar-refractivity contribution in [2.45, 2.75) is 39.8 Å². The molecule has 2 amide bonds. The summed E-state index contributed by atoms with van der Waals surface area (Å²) in [4.78, 5) is 39.8. The largest absolute Gasteiger partial charge is 0.491 e. The minimum absolute atomic E-state index is 0.0360. The second-order valence-corrected chi connectivity index (χ2v) is 8.32. The van der Waals surface area contributed by atoms with Crippen molar-refractivity contribution in [3.8, 4) is 5.75 Å². The van der Waals surface area contributed by atoms with E-state index in [1.54, 1.807) is 36.1 Å². The van der Waals surface area contributed by atoms with E-state index in [1.165, 1.54) is 18.4 Å². The van der Waals surface area contributed by atoms with Crippen LogP contribution in [0.5, 0.6) is 5.75 Å². The highest BCUT2D eigenvalue weighted by Crippen LogP contribution is 2.38. The van der Waals surface area contributed by atoms with E-state index in [1.807, 2.05) is 13.8 Å². The number of nitrogens with one attached hydrogen (secondary N) is 1. The minimum Gasteiger partial charge on any atom is -0.491 e. The zero-order valence-electron chi connectivity index (χ0n) is 18.0. The number of nitrogens with zero attached hydrogens (tertiary/aromatic N) is 1. The van der Waals surface area contributed by atoms with Gasteiger partial charge >= 0.3 is 12.1 Å². The number of hydrogen-bond acceptors (Lipinski definition) is 7. The Morgan fingerprint density at radius 3 is 2.52 bits per heavy atom. The summed E-state index contributed by atoms with van der Waals surface area (Å²) in [6.07, 6.45) is 0.121. The number of thiophene rings is 1. The van der Waals surface area contributed by atoms with Gasteiger partial charge in [0.2, 0.25) is 0 Å². The molecule has 0 bridgehead atoms. The van der Waals surface area contributed by atoms with E-state index < -0.39 is 12.1 Å². The highest BCUT2D eigenvalue weighted by Gasteiger charge is 2.31. The molecule has 1 aromatic heterocycles. The van der Waals surface area contributed by atoms with E-state index >= 15 is 0 Å². The van der Waals surface area contributed by atoms with Crippen LogP contribution in [0.15, 0.2) is 24.3 Å². The van der Waals surface area contributed by atoms with Gasteiger partial charge in [-0.05, 0) is 57.0 Å². The highest BCUT2D eigenvalue weighted by atomic mass is 32.1. The molecule has 0 radical (unpaired) electrons. The number of rotatable bonds is 6. The fourth-order valence-electron chi connectivity index (χ4n) is 3.31. The van der Waals surface area contributed by atoms with Gasteiger partial charge in [-0.1, -0.05) is 0 Å². The summed E-state index contributed by atoms with van der Waals surface area (Å²) in [5, 5.41) is 3.24. The van der Waals surface area contributed by atoms with Crippen LogP contribution in [0.3, 0.4) is 0 Å². The highest BCUT2D eigenvalue weighted by molar-refractivity contribution is 7.17. The van der Waals surface area contributed by atoms with Gasteiger partial charge in [-0.2, -0.15) is 0 Å². The first-order valence-corrected chi connectivity index (χ1v) is 10.9. The SMILES string of the molecule is CCOC(=O)N1CCc2c(sc(NC(=O)c3ccc(OC(C)C)cc3)c2C(=O)OC)C1. The molecule has 8 nitrogen and oxygen atoms in total. The smallest absolute Gasteiger partial charge is 0.410 e. The molecule has 1 N–H and O–H groups in total. The van der Waals surface area contributed by atoms with Crippen molar-refractivity contribution in [2.24, 2.45) is 0 Å². The molecule has 0 fully saturated rings. The number of carbonyl (C=O) groups excluding carboxylic acids is 3. The van der Waals surface area contributed by atoms with Crippen LogP contribution in [0.2, 0.25) is 0 Å². The summed E-state index contributed by atoms with van der Waals surface area (Å²) in [7, 11) is 1.30. The molecule has 2 heterocycles. The van der Waals surface area contributed by atoms with Gasteiger partial charge in [0.25, 0.3) is 5.91 Å². The number of esters is 1. The third-order valence-electron chi connectivity index (χ3n) is 4.69. The van der Waals surface area contributed by atoms with Crippen molar-refractivity contribution in [1.29, 1.82) is 0 Å². The summed E-state index contributed by atoms with van der Waals surface area (Å²) in [6, 6.07) is 6.79. The quantitative estimate of drug-likeness (QED) is 0.672. The molecule has 0 saturated carbocycles. The fraction of sp³-hybridized carbons (Fsp3) is 0.409. The maximum Gasteiger partial charge on any atom is 0.410 e. The first kappa shape index (κ1) is 22.6. The second kappa shape index (κ2) is 9.82. The van der Waals surface area contributed by atoms with Gasteiger partial charge in [0.05, 0.1) is 31.9 Å². The van der Waals surface area contributed by atoms with Gasteiger partial charge in [-0.25, -0.2) is 9.59 Å². The molecule has 31 heavy (non-hydrogen) atoms. The van der Waals surface area contributed by atoms with Gasteiger partial charge in [0, 0.05) is 17.0 Å². The number of methoxy groups -OCH3 is 1. The maximum atomic E-state index is 12.8. The topological polar surface area (TPSA) is 94.2 Å². The van der Waals surface area contributed by atoms with E-state index in [2.05, 4.69) is 5.32 Å². The van der Waals surface area contributed by atoms with Crippen molar-refractivity contribution in [2.75, 3.05) is 25.6 Å². The molecule has 166 valence electrons. The monoisotopic (exact) mass is 446 g/mol. The van der Waals surface area contributed by atoms with Crippen LogP contribution < -0.4 is 10.1 Å². The number of amides is 2. The molecule has 0 aliphatic carbocycles.